The van der Waals surface area contributed by atoms with E-state index >= 15 is 0 Å². The van der Waals surface area contributed by atoms with E-state index in [0.717, 1.165) is 5.56 Å². The molecule has 0 aliphatic heterocycles. The van der Waals surface area contributed by atoms with Crippen LogP contribution in [0.1, 0.15) is 29.9 Å². The summed E-state index contributed by atoms with van der Waals surface area (Å²) in [7, 11) is 0. The lowest BCUT2D eigenvalue weighted by Gasteiger charge is -2.09. The van der Waals surface area contributed by atoms with Gasteiger partial charge in [-0.05, 0) is 24.6 Å². The molecule has 0 saturated carbocycles. The van der Waals surface area contributed by atoms with Gasteiger partial charge in [0.25, 0.3) is 0 Å². The molecule has 6 nitrogen and oxygen atoms in total. The molecule has 0 aliphatic rings. The molecule has 18 heavy (non-hydrogen) atoms. The zero-order chi connectivity index (χ0) is 13.0. The minimum absolute atomic E-state index is 0.0431. The van der Waals surface area contributed by atoms with E-state index in [0.29, 0.717) is 12.4 Å². The molecule has 0 spiro atoms. The van der Waals surface area contributed by atoms with Crippen molar-refractivity contribution in [3.05, 3.63) is 41.0 Å². The van der Waals surface area contributed by atoms with Crippen molar-refractivity contribution >= 4 is 0 Å². The number of aromatic nitrogens is 4. The van der Waals surface area contributed by atoms with Crippen LogP contribution in [0.4, 0.5) is 4.39 Å². The molecule has 1 atom stereocenters. The molecule has 2 aromatic rings. The molecule has 2 rings (SSSR count). The van der Waals surface area contributed by atoms with E-state index in [2.05, 4.69) is 25.9 Å². The van der Waals surface area contributed by atoms with Gasteiger partial charge >= 0.3 is 0 Å². The Hall–Kier alpha value is -2.33. The van der Waals surface area contributed by atoms with Gasteiger partial charge in [0, 0.05) is 6.54 Å². The highest BCUT2D eigenvalue weighted by Crippen LogP contribution is 2.11. The Labute approximate surface area is 103 Å². The Kier molecular flexibility index (Phi) is 3.60. The van der Waals surface area contributed by atoms with Gasteiger partial charge in [0.1, 0.15) is 11.9 Å². The smallest absolute Gasteiger partial charge is 0.191 e. The molecule has 1 aromatic heterocycles. The van der Waals surface area contributed by atoms with Crippen LogP contribution < -0.4 is 5.32 Å². The van der Waals surface area contributed by atoms with E-state index in [-0.39, 0.29) is 11.6 Å². The second kappa shape index (κ2) is 5.33. The molecular weight excluding hydrogens is 235 g/mol. The summed E-state index contributed by atoms with van der Waals surface area (Å²) in [6, 6.07) is 6.16. The third-order valence-corrected chi connectivity index (χ3v) is 2.51. The first-order valence-electron chi connectivity index (χ1n) is 5.36. The second-order valence-electron chi connectivity index (χ2n) is 3.80. The van der Waals surface area contributed by atoms with Crippen molar-refractivity contribution in [3.8, 4) is 6.07 Å². The maximum absolute atomic E-state index is 13.1. The summed E-state index contributed by atoms with van der Waals surface area (Å²) in [5, 5.41) is 25.4. The molecule has 0 amide bonds. The Morgan fingerprint density at radius 1 is 1.56 bits per heavy atom. The fourth-order valence-electron chi connectivity index (χ4n) is 1.48. The highest BCUT2D eigenvalue weighted by atomic mass is 19.1. The van der Waals surface area contributed by atoms with Gasteiger partial charge in [0.15, 0.2) is 5.82 Å². The van der Waals surface area contributed by atoms with Crippen molar-refractivity contribution in [2.24, 2.45) is 0 Å². The number of nitrogens with zero attached hydrogens (tertiary/aromatic N) is 4. The third kappa shape index (κ3) is 2.67. The number of H-pyrrole nitrogens is 1. The van der Waals surface area contributed by atoms with Gasteiger partial charge in [-0.2, -0.15) is 10.5 Å². The minimum Gasteiger partial charge on any atom is -0.303 e. The normalized spacial score (nSPS) is 12.1. The van der Waals surface area contributed by atoms with Crippen molar-refractivity contribution in [3.63, 3.8) is 0 Å². The van der Waals surface area contributed by atoms with Crippen molar-refractivity contribution < 1.29 is 4.39 Å². The van der Waals surface area contributed by atoms with Crippen molar-refractivity contribution in [2.75, 3.05) is 0 Å². The summed E-state index contributed by atoms with van der Waals surface area (Å²) in [5.41, 5.74) is 0.866. The first-order valence-corrected chi connectivity index (χ1v) is 5.36. The van der Waals surface area contributed by atoms with Crippen LogP contribution in [-0.2, 0) is 6.54 Å². The molecule has 0 radical (unpaired) electrons. The standard InChI is InChI=1S/C11H11FN6/c1-7(11-15-17-18-16-11)14-6-8-2-3-10(12)9(4-8)5-13/h2-4,7,14H,6H2,1H3,(H,15,16,17,18). The van der Waals surface area contributed by atoms with Crippen LogP contribution in [0.2, 0.25) is 0 Å². The SMILES string of the molecule is CC(NCc1ccc(F)c(C#N)c1)c1nn[nH]n1. The fourth-order valence-corrected chi connectivity index (χ4v) is 1.48. The van der Waals surface area contributed by atoms with Crippen LogP contribution in [0.25, 0.3) is 0 Å². The van der Waals surface area contributed by atoms with E-state index in [9.17, 15) is 4.39 Å². The first-order chi connectivity index (χ1) is 8.70. The number of hydrogen-bond donors (Lipinski definition) is 2. The van der Waals surface area contributed by atoms with Crippen molar-refractivity contribution in [1.82, 2.24) is 25.9 Å². The highest BCUT2D eigenvalue weighted by molar-refractivity contribution is 5.34. The van der Waals surface area contributed by atoms with Crippen LogP contribution in [0.15, 0.2) is 18.2 Å². The summed E-state index contributed by atoms with van der Waals surface area (Å²) >= 11 is 0. The van der Waals surface area contributed by atoms with E-state index in [1.165, 1.54) is 12.1 Å². The number of tetrazole rings is 1. The molecule has 0 aliphatic carbocycles. The van der Waals surface area contributed by atoms with Crippen LogP contribution in [0.5, 0.6) is 0 Å². The lowest BCUT2D eigenvalue weighted by Crippen LogP contribution is -2.19. The predicted molar refractivity (Wildman–Crippen MR) is 60.5 cm³/mol. The van der Waals surface area contributed by atoms with Crippen molar-refractivity contribution in [2.45, 2.75) is 19.5 Å². The number of nitrogens with one attached hydrogen (secondary N) is 2. The van der Waals surface area contributed by atoms with Gasteiger partial charge in [-0.1, -0.05) is 11.3 Å². The molecule has 92 valence electrons. The monoisotopic (exact) mass is 246 g/mol. The van der Waals surface area contributed by atoms with Crippen molar-refractivity contribution in [1.29, 1.82) is 5.26 Å². The summed E-state index contributed by atoms with van der Waals surface area (Å²) < 4.78 is 13.1. The molecule has 1 heterocycles. The first kappa shape index (κ1) is 12.1. The maximum Gasteiger partial charge on any atom is 0.191 e. The fraction of sp³-hybridized carbons (Fsp3) is 0.273. The van der Waals surface area contributed by atoms with E-state index in [1.54, 1.807) is 6.07 Å². The average molecular weight is 246 g/mol. The number of hydrogen-bond acceptors (Lipinski definition) is 5. The quantitative estimate of drug-likeness (QED) is 0.841. The molecule has 7 heteroatoms. The van der Waals surface area contributed by atoms with E-state index in [1.807, 2.05) is 13.0 Å². The molecule has 0 fully saturated rings. The third-order valence-electron chi connectivity index (χ3n) is 2.51. The van der Waals surface area contributed by atoms with E-state index in [4.69, 9.17) is 5.26 Å². The number of aromatic amines is 1. The maximum atomic E-state index is 13.1. The number of benzene rings is 1. The molecule has 1 aromatic carbocycles. The zero-order valence-electron chi connectivity index (χ0n) is 9.68. The number of rotatable bonds is 4. The van der Waals surface area contributed by atoms with E-state index < -0.39 is 5.82 Å². The predicted octanol–water partition coefficient (Wildman–Crippen LogP) is 1.06. The number of halogens is 1. The van der Waals surface area contributed by atoms with Gasteiger partial charge in [-0.15, -0.1) is 10.2 Å². The second-order valence-corrected chi connectivity index (χ2v) is 3.80. The van der Waals surface area contributed by atoms with Gasteiger partial charge in [0.05, 0.1) is 11.6 Å². The van der Waals surface area contributed by atoms with Gasteiger partial charge in [0.2, 0.25) is 0 Å². The lowest BCUT2D eigenvalue weighted by molar-refractivity contribution is 0.545. The summed E-state index contributed by atoms with van der Waals surface area (Å²) in [5.74, 6) is 0.0464. The van der Waals surface area contributed by atoms with Crippen LogP contribution in [0, 0.1) is 17.1 Å². The topological polar surface area (TPSA) is 90.3 Å². The summed E-state index contributed by atoms with van der Waals surface area (Å²) in [4.78, 5) is 0. The van der Waals surface area contributed by atoms with Gasteiger partial charge < -0.3 is 5.32 Å². The number of nitriles is 1. The van der Waals surface area contributed by atoms with Crippen LogP contribution in [-0.4, -0.2) is 20.6 Å². The molecule has 2 N–H and O–H groups in total. The van der Waals surface area contributed by atoms with Gasteiger partial charge in [-0.3, -0.25) is 0 Å². The molecule has 0 bridgehead atoms. The Bertz CT molecular complexity index is 559. The van der Waals surface area contributed by atoms with Crippen LogP contribution in [0.3, 0.4) is 0 Å². The zero-order valence-corrected chi connectivity index (χ0v) is 9.68. The summed E-state index contributed by atoms with van der Waals surface area (Å²) in [6.07, 6.45) is 0. The van der Waals surface area contributed by atoms with Gasteiger partial charge in [-0.25, -0.2) is 4.39 Å². The lowest BCUT2D eigenvalue weighted by atomic mass is 10.1. The highest BCUT2D eigenvalue weighted by Gasteiger charge is 2.10. The summed E-state index contributed by atoms with van der Waals surface area (Å²) in [6.45, 7) is 2.38. The average Bonchev–Trinajstić information content (AvgIpc) is 2.91. The molecule has 0 saturated heterocycles. The Morgan fingerprint density at radius 3 is 3.06 bits per heavy atom. The molecule has 1 unspecified atom stereocenters. The minimum atomic E-state index is -0.507. The molecular formula is C11H11FN6. The van der Waals surface area contributed by atoms with Crippen LogP contribution >= 0.6 is 0 Å². The Morgan fingerprint density at radius 2 is 2.39 bits per heavy atom. The largest absolute Gasteiger partial charge is 0.303 e. The Balaban J connectivity index is 2.01.